The van der Waals surface area contributed by atoms with E-state index in [2.05, 4.69) is 31.4 Å². The molecular weight excluding hydrogens is 266 g/mol. The summed E-state index contributed by atoms with van der Waals surface area (Å²) in [5.41, 5.74) is 1.72. The molecule has 0 spiro atoms. The highest BCUT2D eigenvalue weighted by atomic mass is 16.3. The van der Waals surface area contributed by atoms with Crippen molar-refractivity contribution in [1.82, 2.24) is 20.4 Å². The number of fused-ring (bicyclic) bond motifs is 1. The third-order valence-corrected chi connectivity index (χ3v) is 4.11. The summed E-state index contributed by atoms with van der Waals surface area (Å²) in [6.07, 6.45) is 4.04. The van der Waals surface area contributed by atoms with Crippen LogP contribution in [-0.2, 0) is 5.60 Å². The van der Waals surface area contributed by atoms with Gasteiger partial charge in [0.2, 0.25) is 0 Å². The second-order valence-electron chi connectivity index (χ2n) is 5.41. The minimum absolute atomic E-state index is 0.507. The van der Waals surface area contributed by atoms with Crippen molar-refractivity contribution in [2.75, 3.05) is 18.0 Å². The van der Waals surface area contributed by atoms with E-state index in [0.29, 0.717) is 18.7 Å². The number of hydrogen-bond acceptors (Lipinski definition) is 5. The Morgan fingerprint density at radius 3 is 3.00 bits per heavy atom. The van der Waals surface area contributed by atoms with Gasteiger partial charge in [-0.2, -0.15) is 15.4 Å². The normalized spacial score (nSPS) is 22.0. The molecule has 1 aliphatic rings. The predicted octanol–water partition coefficient (Wildman–Crippen LogP) is 1.45. The maximum atomic E-state index is 10.8. The molecule has 2 aromatic heterocycles. The van der Waals surface area contributed by atoms with Gasteiger partial charge in [-0.3, -0.25) is 4.98 Å². The van der Waals surface area contributed by atoms with Crippen LogP contribution in [0.4, 0.5) is 5.69 Å². The molecule has 0 radical (unpaired) electrons. The average Bonchev–Trinajstić information content (AvgIpc) is 3.17. The first-order valence-electron chi connectivity index (χ1n) is 6.94. The van der Waals surface area contributed by atoms with Crippen LogP contribution < -0.4 is 4.90 Å². The molecule has 1 fully saturated rings. The maximum Gasteiger partial charge on any atom is 0.129 e. The molecule has 0 unspecified atom stereocenters. The first-order chi connectivity index (χ1) is 10.3. The Hall–Kier alpha value is -2.47. The lowest BCUT2D eigenvalue weighted by Gasteiger charge is -2.23. The first-order valence-corrected chi connectivity index (χ1v) is 6.94. The molecule has 0 aliphatic carbocycles. The van der Waals surface area contributed by atoms with E-state index in [9.17, 15) is 5.11 Å². The molecule has 3 aromatic rings. The number of aromatic nitrogens is 4. The van der Waals surface area contributed by atoms with Gasteiger partial charge < -0.3 is 10.0 Å². The van der Waals surface area contributed by atoms with Crippen LogP contribution in [0.3, 0.4) is 0 Å². The number of aromatic amines is 1. The smallest absolute Gasteiger partial charge is 0.129 e. The number of benzene rings is 1. The first kappa shape index (κ1) is 12.3. The van der Waals surface area contributed by atoms with Crippen molar-refractivity contribution in [3.05, 3.63) is 48.4 Å². The quantitative estimate of drug-likeness (QED) is 0.743. The zero-order valence-electron chi connectivity index (χ0n) is 11.4. The number of anilines is 1. The molecule has 1 saturated heterocycles. The number of hydrogen-bond donors (Lipinski definition) is 2. The second kappa shape index (κ2) is 4.53. The highest BCUT2D eigenvalue weighted by molar-refractivity contribution is 5.91. The summed E-state index contributed by atoms with van der Waals surface area (Å²) >= 11 is 0. The summed E-state index contributed by atoms with van der Waals surface area (Å²) in [7, 11) is 0. The fourth-order valence-electron chi connectivity index (χ4n) is 2.99. The molecule has 1 aliphatic heterocycles. The Morgan fingerprint density at radius 2 is 2.14 bits per heavy atom. The van der Waals surface area contributed by atoms with Crippen LogP contribution in [0.25, 0.3) is 10.9 Å². The lowest BCUT2D eigenvalue weighted by Crippen LogP contribution is -2.31. The Balaban J connectivity index is 1.72. The molecule has 0 bridgehead atoms. The van der Waals surface area contributed by atoms with Crippen molar-refractivity contribution < 1.29 is 5.11 Å². The Kier molecular flexibility index (Phi) is 2.65. The van der Waals surface area contributed by atoms with E-state index >= 15 is 0 Å². The van der Waals surface area contributed by atoms with E-state index in [1.807, 2.05) is 30.5 Å². The lowest BCUT2D eigenvalue weighted by atomic mass is 10.00. The molecule has 6 heteroatoms. The number of H-pyrrole nitrogens is 1. The number of para-hydroxylation sites is 1. The molecule has 3 heterocycles. The van der Waals surface area contributed by atoms with Gasteiger partial charge in [0.05, 0.1) is 18.3 Å². The van der Waals surface area contributed by atoms with Crippen molar-refractivity contribution in [2.24, 2.45) is 0 Å². The number of pyridine rings is 1. The van der Waals surface area contributed by atoms with Crippen molar-refractivity contribution in [3.8, 4) is 0 Å². The number of nitrogens with one attached hydrogen (secondary N) is 1. The Morgan fingerprint density at radius 1 is 1.24 bits per heavy atom. The number of β-amino-alcohol motifs (C(OH)–C–C–N with tert-alkyl or cyclic N) is 1. The molecule has 106 valence electrons. The number of rotatable bonds is 2. The molecule has 6 nitrogen and oxygen atoms in total. The zero-order chi connectivity index (χ0) is 14.3. The van der Waals surface area contributed by atoms with Gasteiger partial charge in [-0.1, -0.05) is 18.2 Å². The van der Waals surface area contributed by atoms with Crippen LogP contribution in [0, 0.1) is 0 Å². The number of aliphatic hydroxyl groups is 1. The highest BCUT2D eigenvalue weighted by Gasteiger charge is 2.40. The van der Waals surface area contributed by atoms with Crippen molar-refractivity contribution in [2.45, 2.75) is 12.0 Å². The van der Waals surface area contributed by atoms with Gasteiger partial charge >= 0.3 is 0 Å². The van der Waals surface area contributed by atoms with Gasteiger partial charge in [0, 0.05) is 30.2 Å². The van der Waals surface area contributed by atoms with Gasteiger partial charge in [-0.25, -0.2) is 0 Å². The maximum absolute atomic E-state index is 10.8. The van der Waals surface area contributed by atoms with E-state index in [-0.39, 0.29) is 0 Å². The third kappa shape index (κ3) is 1.95. The molecule has 21 heavy (non-hydrogen) atoms. The Bertz CT molecular complexity index is 767. The van der Waals surface area contributed by atoms with Crippen LogP contribution in [-0.4, -0.2) is 38.6 Å². The van der Waals surface area contributed by atoms with Crippen LogP contribution in [0.2, 0.25) is 0 Å². The van der Waals surface area contributed by atoms with Crippen LogP contribution >= 0.6 is 0 Å². The zero-order valence-corrected chi connectivity index (χ0v) is 11.4. The van der Waals surface area contributed by atoms with E-state index < -0.39 is 5.60 Å². The van der Waals surface area contributed by atoms with E-state index in [1.54, 1.807) is 6.20 Å². The van der Waals surface area contributed by atoms with E-state index in [1.165, 1.54) is 0 Å². The molecule has 0 amide bonds. The largest absolute Gasteiger partial charge is 0.381 e. The van der Waals surface area contributed by atoms with E-state index in [4.69, 9.17) is 0 Å². The molecule has 1 aromatic carbocycles. The summed E-state index contributed by atoms with van der Waals surface area (Å²) in [6.45, 7) is 1.28. The van der Waals surface area contributed by atoms with Gasteiger partial charge in [0.15, 0.2) is 0 Å². The van der Waals surface area contributed by atoms with E-state index in [0.717, 1.165) is 23.1 Å². The summed E-state index contributed by atoms with van der Waals surface area (Å²) in [5.74, 6) is 0. The second-order valence-corrected chi connectivity index (χ2v) is 5.41. The minimum Gasteiger partial charge on any atom is -0.381 e. The van der Waals surface area contributed by atoms with Crippen molar-refractivity contribution in [3.63, 3.8) is 0 Å². The summed E-state index contributed by atoms with van der Waals surface area (Å²) in [6, 6.07) is 10.0. The van der Waals surface area contributed by atoms with Gasteiger partial charge in [0.1, 0.15) is 11.3 Å². The summed E-state index contributed by atoms with van der Waals surface area (Å²) in [5, 5.41) is 22.3. The predicted molar refractivity (Wildman–Crippen MR) is 78.9 cm³/mol. The van der Waals surface area contributed by atoms with Crippen LogP contribution in [0.1, 0.15) is 12.1 Å². The Labute approximate surface area is 121 Å². The number of nitrogens with zero attached hydrogens (tertiary/aromatic N) is 4. The van der Waals surface area contributed by atoms with Crippen molar-refractivity contribution in [1.29, 1.82) is 0 Å². The molecular formula is C15H15N5O. The SMILES string of the molecule is O[C@]1(c2cn[nH]n2)CCN(c2ccnc3ccccc23)C1. The van der Waals surface area contributed by atoms with Crippen LogP contribution in [0.5, 0.6) is 0 Å². The fourth-order valence-corrected chi connectivity index (χ4v) is 2.99. The third-order valence-electron chi connectivity index (χ3n) is 4.11. The van der Waals surface area contributed by atoms with Gasteiger partial charge in [-0.15, -0.1) is 0 Å². The van der Waals surface area contributed by atoms with Crippen LogP contribution in [0.15, 0.2) is 42.7 Å². The van der Waals surface area contributed by atoms with Gasteiger partial charge in [0.25, 0.3) is 0 Å². The molecule has 2 N–H and O–H groups in total. The lowest BCUT2D eigenvalue weighted by molar-refractivity contribution is 0.0560. The fraction of sp³-hybridized carbons (Fsp3) is 0.267. The molecule has 1 atom stereocenters. The minimum atomic E-state index is -0.947. The standard InChI is InChI=1S/C15H15N5O/c21-15(14-9-17-19-18-14)6-8-20(10-15)13-5-7-16-12-4-2-1-3-11(12)13/h1-5,7,9,21H,6,8,10H2,(H,17,18,19)/t15-/m1/s1. The monoisotopic (exact) mass is 281 g/mol. The average molecular weight is 281 g/mol. The van der Waals surface area contributed by atoms with Crippen molar-refractivity contribution >= 4 is 16.6 Å². The topological polar surface area (TPSA) is 77.9 Å². The summed E-state index contributed by atoms with van der Waals surface area (Å²) in [4.78, 5) is 6.56. The molecule has 4 rings (SSSR count). The molecule has 0 saturated carbocycles. The summed E-state index contributed by atoms with van der Waals surface area (Å²) < 4.78 is 0. The highest BCUT2D eigenvalue weighted by Crippen LogP contribution is 2.35. The van der Waals surface area contributed by atoms with Gasteiger partial charge in [-0.05, 0) is 12.1 Å².